The molecule has 0 saturated heterocycles. The molecule has 0 atom stereocenters. The number of para-hydroxylation sites is 2. The van der Waals surface area contributed by atoms with Crippen molar-refractivity contribution in [3.8, 4) is 17.2 Å². The van der Waals surface area contributed by atoms with Crippen LogP contribution < -0.4 is 15.6 Å². The quantitative estimate of drug-likeness (QED) is 0.410. The Morgan fingerprint density at radius 3 is 2.53 bits per heavy atom. The van der Waals surface area contributed by atoms with Crippen LogP contribution in [0.25, 0.3) is 5.69 Å². The molecule has 0 unspecified atom stereocenters. The second kappa shape index (κ2) is 10.3. The van der Waals surface area contributed by atoms with E-state index in [1.54, 1.807) is 24.3 Å². The lowest BCUT2D eigenvalue weighted by Crippen LogP contribution is -2.25. The molecule has 1 aromatic heterocycles. The molecular weight excluding hydrogens is 414 g/mol. The summed E-state index contributed by atoms with van der Waals surface area (Å²) in [6.07, 6.45) is 1.71. The Labute approximate surface area is 184 Å². The number of ether oxygens (including phenoxy) is 2. The maximum absolute atomic E-state index is 12.7. The van der Waals surface area contributed by atoms with Crippen LogP contribution in [-0.2, 0) is 4.74 Å². The van der Waals surface area contributed by atoms with Gasteiger partial charge in [0.05, 0.1) is 19.3 Å². The van der Waals surface area contributed by atoms with Crippen LogP contribution in [0.2, 0.25) is 0 Å². The highest BCUT2D eigenvalue weighted by molar-refractivity contribution is 6.04. The van der Waals surface area contributed by atoms with Crippen molar-refractivity contribution >= 4 is 17.6 Å². The second-order valence-corrected chi connectivity index (χ2v) is 6.82. The number of hydrogen-bond donors (Lipinski definition) is 2. The summed E-state index contributed by atoms with van der Waals surface area (Å²) >= 11 is 0. The number of aromatic nitrogens is 2. The third kappa shape index (κ3) is 5.12. The van der Waals surface area contributed by atoms with Crippen molar-refractivity contribution in [3.63, 3.8) is 0 Å². The maximum atomic E-state index is 12.7. The van der Waals surface area contributed by atoms with E-state index in [9.17, 15) is 19.5 Å². The summed E-state index contributed by atoms with van der Waals surface area (Å²) in [6.45, 7) is 2.35. The minimum Gasteiger partial charge on any atom is -0.505 e. The molecule has 3 rings (SSSR count). The number of nitrogens with one attached hydrogen (secondary N) is 1. The van der Waals surface area contributed by atoms with Gasteiger partial charge < -0.3 is 19.9 Å². The normalized spacial score (nSPS) is 10.4. The van der Waals surface area contributed by atoms with E-state index in [4.69, 9.17) is 9.47 Å². The number of nitrogens with zero attached hydrogens (tertiary/aromatic N) is 2. The van der Waals surface area contributed by atoms with Crippen LogP contribution in [0.15, 0.2) is 59.4 Å². The number of rotatable bonds is 8. The van der Waals surface area contributed by atoms with E-state index in [0.717, 1.165) is 23.6 Å². The molecule has 0 aliphatic carbocycles. The molecule has 9 nitrogen and oxygen atoms in total. The smallest absolute Gasteiger partial charge is 0.338 e. The number of hydrogen-bond acceptors (Lipinski definition) is 7. The van der Waals surface area contributed by atoms with Crippen molar-refractivity contribution in [2.24, 2.45) is 0 Å². The number of carbonyl (C=O) groups excluding carboxylic acids is 2. The Morgan fingerprint density at radius 2 is 1.84 bits per heavy atom. The monoisotopic (exact) mass is 437 g/mol. The average molecular weight is 437 g/mol. The van der Waals surface area contributed by atoms with Gasteiger partial charge >= 0.3 is 5.97 Å². The number of carbonyl (C=O) groups is 2. The van der Waals surface area contributed by atoms with Gasteiger partial charge in [-0.1, -0.05) is 25.5 Å². The fourth-order valence-corrected chi connectivity index (χ4v) is 2.86. The molecular formula is C23H23N3O6. The first-order chi connectivity index (χ1) is 15.4. The van der Waals surface area contributed by atoms with Gasteiger partial charge in [-0.05, 0) is 42.8 Å². The average Bonchev–Trinajstić information content (AvgIpc) is 2.79. The molecule has 166 valence electrons. The molecule has 0 spiro atoms. The lowest BCUT2D eigenvalue weighted by Gasteiger charge is -2.12. The molecule has 0 saturated carbocycles. The first-order valence-corrected chi connectivity index (χ1v) is 10.00. The highest BCUT2D eigenvalue weighted by atomic mass is 16.5. The molecule has 9 heteroatoms. The summed E-state index contributed by atoms with van der Waals surface area (Å²) in [6, 6.07) is 13.7. The van der Waals surface area contributed by atoms with E-state index < -0.39 is 23.2 Å². The lowest BCUT2D eigenvalue weighted by atomic mass is 10.2. The molecule has 0 fully saturated rings. The SMILES string of the molecule is CCCCOC(=O)c1ccc(NC(=O)c2nn(-c3ccccc3OC)c(=O)cc2O)cc1. The number of methoxy groups -OCH3 is 1. The molecule has 2 aromatic carbocycles. The minimum absolute atomic E-state index is 0.319. The third-order valence-corrected chi connectivity index (χ3v) is 4.55. The second-order valence-electron chi connectivity index (χ2n) is 6.82. The highest BCUT2D eigenvalue weighted by Crippen LogP contribution is 2.22. The zero-order valence-electron chi connectivity index (χ0n) is 17.7. The third-order valence-electron chi connectivity index (χ3n) is 4.55. The van der Waals surface area contributed by atoms with E-state index in [2.05, 4.69) is 10.4 Å². The first kappa shape index (κ1) is 22.5. The molecule has 0 aliphatic heterocycles. The van der Waals surface area contributed by atoms with Crippen molar-refractivity contribution in [2.75, 3.05) is 19.0 Å². The molecule has 0 bridgehead atoms. The first-order valence-electron chi connectivity index (χ1n) is 10.00. The summed E-state index contributed by atoms with van der Waals surface area (Å²) in [7, 11) is 1.45. The van der Waals surface area contributed by atoms with Crippen LogP contribution in [-0.4, -0.2) is 40.5 Å². The van der Waals surface area contributed by atoms with E-state index in [-0.39, 0.29) is 5.69 Å². The summed E-state index contributed by atoms with van der Waals surface area (Å²) < 4.78 is 11.4. The van der Waals surface area contributed by atoms with Crippen LogP contribution in [0.5, 0.6) is 11.5 Å². The van der Waals surface area contributed by atoms with Crippen molar-refractivity contribution in [1.29, 1.82) is 0 Å². The summed E-state index contributed by atoms with van der Waals surface area (Å²) in [5, 5.41) is 16.7. The zero-order valence-corrected chi connectivity index (χ0v) is 17.7. The number of unbranched alkanes of at least 4 members (excludes halogenated alkanes) is 1. The number of benzene rings is 2. The van der Waals surface area contributed by atoms with E-state index >= 15 is 0 Å². The Kier molecular flexibility index (Phi) is 7.22. The molecule has 1 amide bonds. The Morgan fingerprint density at radius 1 is 1.12 bits per heavy atom. The molecule has 3 aromatic rings. The highest BCUT2D eigenvalue weighted by Gasteiger charge is 2.19. The lowest BCUT2D eigenvalue weighted by molar-refractivity contribution is 0.0499. The van der Waals surface area contributed by atoms with Crippen LogP contribution in [0.3, 0.4) is 0 Å². The van der Waals surface area contributed by atoms with E-state index in [1.165, 1.54) is 31.4 Å². The van der Waals surface area contributed by atoms with Crippen LogP contribution >= 0.6 is 0 Å². The summed E-state index contributed by atoms with van der Waals surface area (Å²) in [4.78, 5) is 37.0. The molecule has 2 N–H and O–H groups in total. The molecule has 1 heterocycles. The zero-order chi connectivity index (χ0) is 23.1. The van der Waals surface area contributed by atoms with Gasteiger partial charge in [0.25, 0.3) is 11.5 Å². The standard InChI is InChI=1S/C23H23N3O6/c1-3-4-13-32-23(30)15-9-11-16(12-10-15)24-22(29)21-18(27)14-20(28)26(25-21)17-7-5-6-8-19(17)31-2/h5-12,14,27H,3-4,13H2,1-2H3,(H,24,29). The van der Waals surface area contributed by atoms with Gasteiger partial charge in [0.15, 0.2) is 11.4 Å². The van der Waals surface area contributed by atoms with Gasteiger partial charge in [-0.2, -0.15) is 9.78 Å². The number of amides is 1. The summed E-state index contributed by atoms with van der Waals surface area (Å²) in [5.74, 6) is -1.36. The Bertz CT molecular complexity index is 1170. The van der Waals surface area contributed by atoms with Gasteiger partial charge in [0, 0.05) is 11.8 Å². The molecule has 0 radical (unpaired) electrons. The largest absolute Gasteiger partial charge is 0.505 e. The van der Waals surface area contributed by atoms with Gasteiger partial charge in [-0.3, -0.25) is 9.59 Å². The van der Waals surface area contributed by atoms with Crippen molar-refractivity contribution < 1.29 is 24.2 Å². The number of anilines is 1. The fourth-order valence-electron chi connectivity index (χ4n) is 2.86. The van der Waals surface area contributed by atoms with Crippen molar-refractivity contribution in [3.05, 3.63) is 76.2 Å². The minimum atomic E-state index is -0.732. The van der Waals surface area contributed by atoms with Gasteiger partial charge in [0.1, 0.15) is 11.4 Å². The number of aromatic hydroxyl groups is 1. The van der Waals surface area contributed by atoms with Crippen molar-refractivity contribution in [1.82, 2.24) is 9.78 Å². The Balaban J connectivity index is 1.81. The molecule has 0 aliphatic rings. The molecule has 32 heavy (non-hydrogen) atoms. The van der Waals surface area contributed by atoms with Crippen LogP contribution in [0, 0.1) is 0 Å². The van der Waals surface area contributed by atoms with Crippen molar-refractivity contribution in [2.45, 2.75) is 19.8 Å². The predicted molar refractivity (Wildman–Crippen MR) is 118 cm³/mol. The van der Waals surface area contributed by atoms with Gasteiger partial charge in [-0.25, -0.2) is 4.79 Å². The van der Waals surface area contributed by atoms with Crippen LogP contribution in [0.4, 0.5) is 5.69 Å². The maximum Gasteiger partial charge on any atom is 0.338 e. The predicted octanol–water partition coefficient (Wildman–Crippen LogP) is 3.16. The summed E-state index contributed by atoms with van der Waals surface area (Å²) in [5.41, 5.74) is 0.0641. The fraction of sp³-hybridized carbons (Fsp3) is 0.217. The number of esters is 1. The Hall–Kier alpha value is -4.14. The van der Waals surface area contributed by atoms with E-state index in [0.29, 0.717) is 29.3 Å². The van der Waals surface area contributed by atoms with Crippen LogP contribution in [0.1, 0.15) is 40.6 Å². The van der Waals surface area contributed by atoms with Gasteiger partial charge in [-0.15, -0.1) is 0 Å². The topological polar surface area (TPSA) is 120 Å². The van der Waals surface area contributed by atoms with Gasteiger partial charge in [0.2, 0.25) is 0 Å². The van der Waals surface area contributed by atoms with E-state index in [1.807, 2.05) is 6.92 Å².